The number of amides is 2. The Morgan fingerprint density at radius 1 is 0.945 bits per heavy atom. The number of ether oxygens (including phenoxy) is 5. The molecule has 0 aliphatic carbocycles. The van der Waals surface area contributed by atoms with E-state index in [2.05, 4.69) is 20.3 Å². The first-order valence-electron chi connectivity index (χ1n) is 16.9. The first-order valence-corrected chi connectivity index (χ1v) is 16.9. The average Bonchev–Trinajstić information content (AvgIpc) is 3.74. The van der Waals surface area contributed by atoms with Gasteiger partial charge in [-0.05, 0) is 41.0 Å². The summed E-state index contributed by atoms with van der Waals surface area (Å²) in [7, 11) is 3.10. The Morgan fingerprint density at radius 3 is 2.11 bits per heavy atom. The van der Waals surface area contributed by atoms with Crippen LogP contribution in [-0.4, -0.2) is 94.9 Å². The molecule has 4 N–H and O–H groups in total. The van der Waals surface area contributed by atoms with Crippen LogP contribution in [0.3, 0.4) is 0 Å². The van der Waals surface area contributed by atoms with Crippen LogP contribution in [0.4, 0.5) is 19.1 Å². The van der Waals surface area contributed by atoms with Gasteiger partial charge in [0.15, 0.2) is 17.4 Å². The molecular formula is C37H37F3N6O9. The highest BCUT2D eigenvalue weighted by Crippen LogP contribution is 2.43. The maximum absolute atomic E-state index is 12.9. The molecule has 18 heteroatoms. The number of anilines is 1. The fourth-order valence-corrected chi connectivity index (χ4v) is 6.34. The molecule has 5 aromatic rings. The number of aromatic amines is 1. The van der Waals surface area contributed by atoms with E-state index in [9.17, 15) is 32.7 Å². The number of aliphatic hydroxyl groups excluding tert-OH is 1. The monoisotopic (exact) mass is 766 g/mol. The van der Waals surface area contributed by atoms with Gasteiger partial charge in [0.25, 0.3) is 5.56 Å². The molecule has 2 aromatic heterocycles. The Balaban J connectivity index is 1.38. The lowest BCUT2D eigenvalue weighted by Gasteiger charge is -2.37. The van der Waals surface area contributed by atoms with Gasteiger partial charge in [-0.3, -0.25) is 29.3 Å². The highest BCUT2D eigenvalue weighted by molar-refractivity contribution is 5.87. The molecule has 3 heterocycles. The first kappa shape index (κ1) is 38.9. The van der Waals surface area contributed by atoms with Gasteiger partial charge in [0, 0.05) is 13.5 Å². The number of hydrogen-bond donors (Lipinski definition) is 4. The van der Waals surface area contributed by atoms with Gasteiger partial charge in [-0.15, -0.1) is 0 Å². The first-order chi connectivity index (χ1) is 26.3. The van der Waals surface area contributed by atoms with Gasteiger partial charge in [0.05, 0.1) is 33.8 Å². The molecule has 0 spiro atoms. The normalized spacial score (nSPS) is 18.6. The van der Waals surface area contributed by atoms with E-state index in [0.717, 1.165) is 5.56 Å². The number of rotatable bonds is 14. The maximum atomic E-state index is 12.9. The number of H-pyrrole nitrogens is 1. The molecular weight excluding hydrogens is 729 g/mol. The molecule has 0 unspecified atom stereocenters. The summed E-state index contributed by atoms with van der Waals surface area (Å²) in [5, 5.41) is 15.9. The lowest BCUT2D eigenvalue weighted by molar-refractivity contribution is -0.174. The summed E-state index contributed by atoms with van der Waals surface area (Å²) in [5.74, 6) is -1.66. The van der Waals surface area contributed by atoms with Crippen molar-refractivity contribution in [2.75, 3.05) is 39.3 Å². The Labute approximate surface area is 311 Å². The van der Waals surface area contributed by atoms with E-state index in [4.69, 9.17) is 23.7 Å². The lowest BCUT2D eigenvalue weighted by Crippen LogP contribution is -2.42. The van der Waals surface area contributed by atoms with Crippen LogP contribution in [0.2, 0.25) is 0 Å². The summed E-state index contributed by atoms with van der Waals surface area (Å²) < 4.78 is 69.9. The molecule has 6 rings (SSSR count). The minimum Gasteiger partial charge on any atom is -0.497 e. The second kappa shape index (κ2) is 16.3. The summed E-state index contributed by atoms with van der Waals surface area (Å²) in [6, 6.07) is 23.9. The van der Waals surface area contributed by atoms with Crippen LogP contribution in [0.25, 0.3) is 11.2 Å². The van der Waals surface area contributed by atoms with E-state index in [-0.39, 0.29) is 23.7 Å². The third-order valence-electron chi connectivity index (χ3n) is 8.91. The summed E-state index contributed by atoms with van der Waals surface area (Å²) in [5.41, 5.74) is -0.0939. The Bertz CT molecular complexity index is 2110. The molecule has 4 atom stereocenters. The van der Waals surface area contributed by atoms with Gasteiger partial charge >= 0.3 is 12.1 Å². The van der Waals surface area contributed by atoms with Crippen LogP contribution in [0.1, 0.15) is 29.8 Å². The summed E-state index contributed by atoms with van der Waals surface area (Å²) in [6.45, 7) is -0.0956. The smallest absolute Gasteiger partial charge is 0.471 e. The molecule has 0 radical (unpaired) electrons. The molecule has 1 aliphatic heterocycles. The quantitative estimate of drug-likeness (QED) is 0.0958. The predicted octanol–water partition coefficient (Wildman–Crippen LogP) is 3.43. The van der Waals surface area contributed by atoms with E-state index in [1.165, 1.54) is 17.8 Å². The topological polar surface area (TPSA) is 188 Å². The van der Waals surface area contributed by atoms with Crippen LogP contribution in [0.5, 0.6) is 11.5 Å². The zero-order valence-electron chi connectivity index (χ0n) is 29.7. The summed E-state index contributed by atoms with van der Waals surface area (Å²) in [4.78, 5) is 46.9. The number of halogens is 3. The lowest BCUT2D eigenvalue weighted by atomic mass is 9.80. The minimum atomic E-state index is -5.11. The highest BCUT2D eigenvalue weighted by atomic mass is 19.4. The van der Waals surface area contributed by atoms with Gasteiger partial charge < -0.3 is 34.1 Å². The molecule has 15 nitrogen and oxygen atoms in total. The van der Waals surface area contributed by atoms with Crippen molar-refractivity contribution in [3.63, 3.8) is 0 Å². The summed E-state index contributed by atoms with van der Waals surface area (Å²) in [6.07, 6.45) is -9.13. The number of hydrogen-bond acceptors (Lipinski definition) is 11. The molecule has 3 aromatic carbocycles. The third kappa shape index (κ3) is 8.16. The molecule has 55 heavy (non-hydrogen) atoms. The molecule has 290 valence electrons. The Hall–Kier alpha value is -5.82. The number of methoxy groups -OCH3 is 2. The molecule has 0 bridgehead atoms. The van der Waals surface area contributed by atoms with Gasteiger partial charge in [0.1, 0.15) is 35.4 Å². The predicted molar refractivity (Wildman–Crippen MR) is 189 cm³/mol. The number of alkyl halides is 3. The zero-order valence-corrected chi connectivity index (χ0v) is 29.7. The SMILES string of the molecule is COc1ccc(C(OC[C@H]2O[C@@H](n3cnc4c(=O)[nH]c(NC(C)=O)nc43)[C@H](OCCNC(=O)C(F)(F)F)[C@@H]2O)(c2ccccc2)c2ccc(OC)cc2)cc1. The molecule has 0 saturated carbocycles. The number of aromatic nitrogens is 4. The minimum absolute atomic E-state index is 0.0552. The van der Waals surface area contributed by atoms with Crippen LogP contribution in [0, 0.1) is 0 Å². The number of nitrogens with zero attached hydrogens (tertiary/aromatic N) is 3. The number of aliphatic hydroxyl groups is 1. The van der Waals surface area contributed by atoms with Gasteiger partial charge in [-0.1, -0.05) is 54.6 Å². The Kier molecular flexibility index (Phi) is 11.5. The molecule has 1 fully saturated rings. The molecule has 1 aliphatic rings. The zero-order chi connectivity index (χ0) is 39.3. The van der Waals surface area contributed by atoms with Crippen molar-refractivity contribution in [3.8, 4) is 11.5 Å². The van der Waals surface area contributed by atoms with Gasteiger partial charge in [-0.2, -0.15) is 18.2 Å². The van der Waals surface area contributed by atoms with Crippen LogP contribution in [-0.2, 0) is 29.4 Å². The Morgan fingerprint density at radius 2 is 1.55 bits per heavy atom. The third-order valence-corrected chi connectivity index (χ3v) is 8.91. The second-order valence-electron chi connectivity index (χ2n) is 12.4. The fraction of sp³-hybridized carbons (Fsp3) is 0.324. The molecule has 1 saturated heterocycles. The fourth-order valence-electron chi connectivity index (χ4n) is 6.34. The number of imidazole rings is 1. The van der Waals surface area contributed by atoms with Crippen molar-refractivity contribution in [3.05, 3.63) is 112 Å². The number of carbonyl (C=O) groups excluding carboxylic acids is 2. The van der Waals surface area contributed by atoms with Crippen molar-refractivity contribution in [1.82, 2.24) is 24.8 Å². The van der Waals surface area contributed by atoms with Crippen LogP contribution in [0.15, 0.2) is 90.0 Å². The van der Waals surface area contributed by atoms with Gasteiger partial charge in [0.2, 0.25) is 11.9 Å². The maximum Gasteiger partial charge on any atom is 0.471 e. The van der Waals surface area contributed by atoms with Crippen molar-refractivity contribution >= 4 is 28.9 Å². The number of carbonyl (C=O) groups is 2. The number of benzene rings is 3. The van der Waals surface area contributed by atoms with Crippen molar-refractivity contribution in [2.24, 2.45) is 0 Å². The van der Waals surface area contributed by atoms with E-state index in [1.54, 1.807) is 43.8 Å². The highest BCUT2D eigenvalue weighted by Gasteiger charge is 2.48. The summed E-state index contributed by atoms with van der Waals surface area (Å²) >= 11 is 0. The van der Waals surface area contributed by atoms with E-state index < -0.39 is 66.8 Å². The average molecular weight is 767 g/mol. The molecule has 2 amide bonds. The number of nitrogens with one attached hydrogen (secondary N) is 3. The number of fused-ring (bicyclic) bond motifs is 1. The van der Waals surface area contributed by atoms with Crippen molar-refractivity contribution in [1.29, 1.82) is 0 Å². The van der Waals surface area contributed by atoms with E-state index >= 15 is 0 Å². The second-order valence-corrected chi connectivity index (χ2v) is 12.4. The van der Waals surface area contributed by atoms with E-state index in [1.807, 2.05) is 54.6 Å². The van der Waals surface area contributed by atoms with Crippen LogP contribution < -0.4 is 25.7 Å². The largest absolute Gasteiger partial charge is 0.497 e. The van der Waals surface area contributed by atoms with E-state index in [0.29, 0.717) is 22.6 Å². The van der Waals surface area contributed by atoms with Crippen molar-refractivity contribution < 1.29 is 51.6 Å². The van der Waals surface area contributed by atoms with Crippen molar-refractivity contribution in [2.45, 2.75) is 43.2 Å². The standard InChI is InChI=1S/C37H37F3N6O9/c1-21(47)43-35-44-31-28(32(49)45-35)42-20-46(31)33-30(53-18-17-41-34(50)37(38,39)40)29(48)27(55-33)19-54-36(22-7-5-4-6-8-22,23-9-13-25(51-2)14-10-23)24-11-15-26(52-3)16-12-24/h4-16,20,27,29-30,33,48H,17-19H2,1-3H3,(H,41,50)(H2,43,44,45,47,49)/t27-,29-,30-,33-/m1/s1. The van der Waals surface area contributed by atoms with Gasteiger partial charge in [-0.25, -0.2) is 4.98 Å². The van der Waals surface area contributed by atoms with Crippen LogP contribution >= 0.6 is 0 Å².